The average molecular weight is 378 g/mol. The van der Waals surface area contributed by atoms with Gasteiger partial charge in [-0.25, -0.2) is 0 Å². The molecule has 1 N–H and O–H groups in total. The maximum atomic E-state index is 12.2. The van der Waals surface area contributed by atoms with E-state index in [1.165, 1.54) is 4.57 Å². The minimum Gasteiger partial charge on any atom is -0.496 e. The standard InChI is InChI=1S/C20H18N4O4/c1-11(2)24-15-9-8-12(10-14(15)21-18(25)20(24)26)17-22-19(28-23-17)13-6-4-5-7-16(13)27-3/h4-11H,1-3H3,(H,21,25). The number of methoxy groups -OCH3 is 1. The highest BCUT2D eigenvalue weighted by Crippen LogP contribution is 2.30. The number of rotatable bonds is 4. The van der Waals surface area contributed by atoms with Gasteiger partial charge in [-0.3, -0.25) is 14.2 Å². The zero-order valence-electron chi connectivity index (χ0n) is 15.6. The summed E-state index contributed by atoms with van der Waals surface area (Å²) in [5.74, 6) is 1.32. The predicted octanol–water partition coefficient (Wildman–Crippen LogP) is 3.00. The summed E-state index contributed by atoms with van der Waals surface area (Å²) in [4.78, 5) is 31.3. The molecule has 8 nitrogen and oxygen atoms in total. The van der Waals surface area contributed by atoms with Crippen molar-refractivity contribution in [3.8, 4) is 28.6 Å². The molecule has 28 heavy (non-hydrogen) atoms. The zero-order valence-corrected chi connectivity index (χ0v) is 15.6. The number of aromatic nitrogens is 4. The Morgan fingerprint density at radius 3 is 2.68 bits per heavy atom. The van der Waals surface area contributed by atoms with Crippen LogP contribution in [-0.2, 0) is 0 Å². The van der Waals surface area contributed by atoms with Crippen molar-refractivity contribution >= 4 is 11.0 Å². The Bertz CT molecular complexity index is 1280. The second kappa shape index (κ2) is 6.80. The molecule has 4 aromatic rings. The second-order valence-corrected chi connectivity index (χ2v) is 6.58. The lowest BCUT2D eigenvalue weighted by atomic mass is 10.1. The SMILES string of the molecule is COc1ccccc1-c1nc(-c2ccc3c(c2)[nH]c(=O)c(=O)n3C(C)C)no1. The second-order valence-electron chi connectivity index (χ2n) is 6.58. The number of para-hydroxylation sites is 1. The van der Waals surface area contributed by atoms with E-state index in [1.807, 2.05) is 38.1 Å². The monoisotopic (exact) mass is 378 g/mol. The molecule has 142 valence electrons. The van der Waals surface area contributed by atoms with Gasteiger partial charge in [-0.1, -0.05) is 17.3 Å². The predicted molar refractivity (Wildman–Crippen MR) is 104 cm³/mol. The van der Waals surface area contributed by atoms with Crippen LogP contribution in [0.1, 0.15) is 19.9 Å². The largest absolute Gasteiger partial charge is 0.496 e. The summed E-state index contributed by atoms with van der Waals surface area (Å²) < 4.78 is 12.2. The number of fused-ring (bicyclic) bond motifs is 1. The fourth-order valence-electron chi connectivity index (χ4n) is 3.16. The molecular weight excluding hydrogens is 360 g/mol. The van der Waals surface area contributed by atoms with Gasteiger partial charge in [0.15, 0.2) is 0 Å². The van der Waals surface area contributed by atoms with Crippen LogP contribution in [0.4, 0.5) is 0 Å². The number of aromatic amines is 1. The van der Waals surface area contributed by atoms with Crippen LogP contribution < -0.4 is 15.9 Å². The molecule has 0 fully saturated rings. The number of H-pyrrole nitrogens is 1. The molecule has 0 bridgehead atoms. The molecule has 8 heteroatoms. The van der Waals surface area contributed by atoms with Gasteiger partial charge in [-0.2, -0.15) is 4.98 Å². The molecule has 2 aromatic carbocycles. The lowest BCUT2D eigenvalue weighted by Crippen LogP contribution is -2.37. The van der Waals surface area contributed by atoms with Crippen LogP contribution in [0.3, 0.4) is 0 Å². The van der Waals surface area contributed by atoms with Crippen molar-refractivity contribution in [2.75, 3.05) is 7.11 Å². The van der Waals surface area contributed by atoms with E-state index in [0.29, 0.717) is 39.6 Å². The lowest BCUT2D eigenvalue weighted by Gasteiger charge is -2.13. The van der Waals surface area contributed by atoms with Gasteiger partial charge in [-0.05, 0) is 44.2 Å². The van der Waals surface area contributed by atoms with Crippen LogP contribution in [0, 0.1) is 0 Å². The van der Waals surface area contributed by atoms with Gasteiger partial charge in [-0.15, -0.1) is 0 Å². The van der Waals surface area contributed by atoms with E-state index in [4.69, 9.17) is 9.26 Å². The van der Waals surface area contributed by atoms with E-state index in [-0.39, 0.29) is 6.04 Å². The van der Waals surface area contributed by atoms with E-state index in [0.717, 1.165) is 0 Å². The van der Waals surface area contributed by atoms with E-state index in [1.54, 1.807) is 25.3 Å². The third kappa shape index (κ3) is 2.88. The zero-order chi connectivity index (χ0) is 19.8. The number of hydrogen-bond acceptors (Lipinski definition) is 6. The Kier molecular flexibility index (Phi) is 4.31. The van der Waals surface area contributed by atoms with Crippen LogP contribution in [0.25, 0.3) is 33.9 Å². The van der Waals surface area contributed by atoms with E-state index in [9.17, 15) is 9.59 Å². The number of ether oxygens (including phenoxy) is 1. The first-order valence-corrected chi connectivity index (χ1v) is 8.75. The van der Waals surface area contributed by atoms with Crippen LogP contribution in [0.15, 0.2) is 56.6 Å². The highest BCUT2D eigenvalue weighted by Gasteiger charge is 2.16. The smallest absolute Gasteiger partial charge is 0.316 e. The van der Waals surface area contributed by atoms with Gasteiger partial charge in [0.25, 0.3) is 5.89 Å². The first kappa shape index (κ1) is 17.7. The number of hydrogen-bond donors (Lipinski definition) is 1. The number of benzene rings is 2. The van der Waals surface area contributed by atoms with Crippen molar-refractivity contribution in [3.63, 3.8) is 0 Å². The summed E-state index contributed by atoms with van der Waals surface area (Å²) in [6, 6.07) is 12.5. The molecule has 0 saturated carbocycles. The molecule has 2 heterocycles. The van der Waals surface area contributed by atoms with Crippen molar-refractivity contribution in [3.05, 3.63) is 63.2 Å². The quantitative estimate of drug-likeness (QED) is 0.548. The molecule has 0 amide bonds. The maximum absolute atomic E-state index is 12.2. The summed E-state index contributed by atoms with van der Waals surface area (Å²) >= 11 is 0. The van der Waals surface area contributed by atoms with Gasteiger partial charge in [0.2, 0.25) is 5.82 Å². The molecule has 0 unspecified atom stereocenters. The van der Waals surface area contributed by atoms with Crippen LogP contribution in [0.2, 0.25) is 0 Å². The van der Waals surface area contributed by atoms with Gasteiger partial charge >= 0.3 is 11.1 Å². The first-order chi connectivity index (χ1) is 13.5. The van der Waals surface area contributed by atoms with Crippen molar-refractivity contribution in [1.82, 2.24) is 19.7 Å². The van der Waals surface area contributed by atoms with Crippen molar-refractivity contribution in [2.24, 2.45) is 0 Å². The highest BCUT2D eigenvalue weighted by atomic mass is 16.5. The molecule has 2 aromatic heterocycles. The maximum Gasteiger partial charge on any atom is 0.316 e. The normalized spacial score (nSPS) is 11.3. The number of nitrogens with zero attached hydrogens (tertiary/aromatic N) is 3. The Hall–Kier alpha value is -3.68. The van der Waals surface area contributed by atoms with Crippen LogP contribution in [-0.4, -0.2) is 26.8 Å². The van der Waals surface area contributed by atoms with Gasteiger partial charge < -0.3 is 14.2 Å². The van der Waals surface area contributed by atoms with Crippen LogP contribution in [0.5, 0.6) is 5.75 Å². The first-order valence-electron chi connectivity index (χ1n) is 8.75. The molecule has 0 aliphatic rings. The molecule has 0 spiro atoms. The molecule has 0 aliphatic carbocycles. The van der Waals surface area contributed by atoms with Crippen LogP contribution >= 0.6 is 0 Å². The molecule has 0 atom stereocenters. The van der Waals surface area contributed by atoms with Gasteiger partial charge in [0.1, 0.15) is 5.75 Å². The van der Waals surface area contributed by atoms with Gasteiger partial charge in [0, 0.05) is 11.6 Å². The summed E-state index contributed by atoms with van der Waals surface area (Å²) in [5, 5.41) is 4.04. The fraction of sp³-hybridized carbons (Fsp3) is 0.200. The minimum atomic E-state index is -0.666. The lowest BCUT2D eigenvalue weighted by molar-refractivity contribution is 0.405. The topological polar surface area (TPSA) is 103 Å². The summed E-state index contributed by atoms with van der Waals surface area (Å²) in [6.45, 7) is 3.71. The third-order valence-corrected chi connectivity index (χ3v) is 4.46. The molecule has 0 aliphatic heterocycles. The molecule has 4 rings (SSSR count). The summed E-state index contributed by atoms with van der Waals surface area (Å²) in [7, 11) is 1.57. The van der Waals surface area contributed by atoms with Crippen molar-refractivity contribution in [2.45, 2.75) is 19.9 Å². The van der Waals surface area contributed by atoms with E-state index in [2.05, 4.69) is 15.1 Å². The summed E-state index contributed by atoms with van der Waals surface area (Å²) in [5.41, 5.74) is 1.26. The minimum absolute atomic E-state index is 0.148. The van der Waals surface area contributed by atoms with E-state index < -0.39 is 11.1 Å². The fourth-order valence-corrected chi connectivity index (χ4v) is 3.16. The Morgan fingerprint density at radius 2 is 1.93 bits per heavy atom. The Labute approximate surface area is 159 Å². The Morgan fingerprint density at radius 1 is 1.14 bits per heavy atom. The van der Waals surface area contributed by atoms with Crippen molar-refractivity contribution < 1.29 is 9.26 Å². The summed E-state index contributed by atoms with van der Waals surface area (Å²) in [6.07, 6.45) is 0. The Balaban J connectivity index is 1.83. The highest BCUT2D eigenvalue weighted by molar-refractivity contribution is 5.80. The average Bonchev–Trinajstić information content (AvgIpc) is 3.18. The third-order valence-electron chi connectivity index (χ3n) is 4.46. The van der Waals surface area contributed by atoms with Crippen molar-refractivity contribution in [1.29, 1.82) is 0 Å². The molecule has 0 saturated heterocycles. The van der Waals surface area contributed by atoms with E-state index >= 15 is 0 Å². The number of nitrogens with one attached hydrogen (secondary N) is 1. The van der Waals surface area contributed by atoms with Gasteiger partial charge in [0.05, 0.1) is 23.7 Å². The molecule has 0 radical (unpaired) electrons. The molecular formula is C20H18N4O4.